The van der Waals surface area contributed by atoms with Gasteiger partial charge in [-0.2, -0.15) is 0 Å². The van der Waals surface area contributed by atoms with Gasteiger partial charge in [0.15, 0.2) is 0 Å². The van der Waals surface area contributed by atoms with Crippen LogP contribution in [0.1, 0.15) is 30.4 Å². The van der Waals surface area contributed by atoms with E-state index >= 15 is 0 Å². The molecular weight excluding hydrogens is 300 g/mol. The fourth-order valence-corrected chi connectivity index (χ4v) is 3.33. The molecule has 1 aromatic carbocycles. The molecule has 1 saturated carbocycles. The molecule has 1 saturated heterocycles. The van der Waals surface area contributed by atoms with E-state index in [4.69, 9.17) is 0 Å². The number of rotatable bonds is 2. The number of hydrogen-bond donors (Lipinski definition) is 1. The highest BCUT2D eigenvalue weighted by atomic mass is 79.9. The molecule has 3 heteroatoms. The van der Waals surface area contributed by atoms with Gasteiger partial charge in [-0.1, -0.05) is 15.9 Å². The lowest BCUT2D eigenvalue weighted by atomic mass is 10.1. The topological polar surface area (TPSA) is 15.3 Å². The minimum absolute atomic E-state index is 0.701. The zero-order valence-electron chi connectivity index (χ0n) is 11.9. The van der Waals surface area contributed by atoms with Crippen molar-refractivity contribution in [3.63, 3.8) is 0 Å². The van der Waals surface area contributed by atoms with E-state index in [1.54, 1.807) is 0 Å². The minimum Gasteiger partial charge on any atom is -0.370 e. The molecule has 1 heterocycles. The molecule has 1 aromatic rings. The van der Waals surface area contributed by atoms with Crippen molar-refractivity contribution in [1.82, 2.24) is 5.32 Å². The summed E-state index contributed by atoms with van der Waals surface area (Å²) in [6.45, 7) is 7.90. The van der Waals surface area contributed by atoms with Gasteiger partial charge in [-0.15, -0.1) is 0 Å². The minimum atomic E-state index is 0.701. The third-order valence-corrected chi connectivity index (χ3v) is 5.66. The first-order valence-electron chi connectivity index (χ1n) is 7.40. The number of aryl methyl sites for hydroxylation is 2. The van der Waals surface area contributed by atoms with E-state index in [0.717, 1.165) is 5.92 Å². The largest absolute Gasteiger partial charge is 0.370 e. The molecule has 1 atom stereocenters. The fraction of sp³-hybridized carbons (Fsp3) is 0.625. The van der Waals surface area contributed by atoms with Gasteiger partial charge in [0.25, 0.3) is 0 Å². The van der Waals surface area contributed by atoms with Crippen molar-refractivity contribution in [3.05, 3.63) is 27.7 Å². The third kappa shape index (κ3) is 2.97. The van der Waals surface area contributed by atoms with Crippen LogP contribution in [0.2, 0.25) is 0 Å². The van der Waals surface area contributed by atoms with Crippen LogP contribution in [-0.2, 0) is 0 Å². The molecule has 104 valence electrons. The van der Waals surface area contributed by atoms with Crippen molar-refractivity contribution >= 4 is 21.6 Å². The first kappa shape index (κ1) is 13.4. The lowest BCUT2D eigenvalue weighted by Gasteiger charge is -2.27. The molecule has 0 spiro atoms. The SMILES string of the molecule is Cc1cc(N2CCCNC(C3CC3)C2)cc(C)c1Br. The van der Waals surface area contributed by atoms with E-state index < -0.39 is 0 Å². The molecule has 2 aliphatic rings. The summed E-state index contributed by atoms with van der Waals surface area (Å²) in [5.41, 5.74) is 4.08. The third-order valence-electron chi connectivity index (χ3n) is 4.41. The second kappa shape index (κ2) is 5.45. The van der Waals surface area contributed by atoms with Crippen LogP contribution in [0.4, 0.5) is 5.69 Å². The van der Waals surface area contributed by atoms with E-state index in [9.17, 15) is 0 Å². The van der Waals surface area contributed by atoms with Crippen LogP contribution in [0.15, 0.2) is 16.6 Å². The first-order chi connectivity index (χ1) is 9.15. The second-order valence-electron chi connectivity index (χ2n) is 6.09. The standard InChI is InChI=1S/C16H23BrN2/c1-11-8-14(9-12(2)16(11)17)19-7-3-6-18-15(10-19)13-4-5-13/h8-9,13,15,18H,3-7,10H2,1-2H3. The Bertz CT molecular complexity index is 445. The highest BCUT2D eigenvalue weighted by Gasteiger charge is 2.33. The summed E-state index contributed by atoms with van der Waals surface area (Å²) in [5, 5.41) is 3.73. The zero-order chi connectivity index (χ0) is 13.4. The predicted octanol–water partition coefficient (Wildman–Crippen LogP) is 3.64. The van der Waals surface area contributed by atoms with Gasteiger partial charge in [0.05, 0.1) is 0 Å². The number of anilines is 1. The average molecular weight is 323 g/mol. The molecular formula is C16H23BrN2. The molecule has 2 nitrogen and oxygen atoms in total. The quantitative estimate of drug-likeness (QED) is 0.894. The van der Waals surface area contributed by atoms with Crippen LogP contribution >= 0.6 is 15.9 Å². The Morgan fingerprint density at radius 1 is 1.21 bits per heavy atom. The summed E-state index contributed by atoms with van der Waals surface area (Å²) in [6, 6.07) is 5.35. The summed E-state index contributed by atoms with van der Waals surface area (Å²) in [4.78, 5) is 2.58. The van der Waals surface area contributed by atoms with Gasteiger partial charge < -0.3 is 10.2 Å². The summed E-state index contributed by atoms with van der Waals surface area (Å²) >= 11 is 3.67. The molecule has 0 radical (unpaired) electrons. The predicted molar refractivity (Wildman–Crippen MR) is 85.0 cm³/mol. The van der Waals surface area contributed by atoms with E-state index in [1.807, 2.05) is 0 Å². The van der Waals surface area contributed by atoms with Crippen molar-refractivity contribution in [2.75, 3.05) is 24.5 Å². The highest BCUT2D eigenvalue weighted by molar-refractivity contribution is 9.10. The number of hydrogen-bond acceptors (Lipinski definition) is 2. The summed E-state index contributed by atoms with van der Waals surface area (Å²) in [6.07, 6.45) is 4.09. The van der Waals surface area contributed by atoms with E-state index in [2.05, 4.69) is 52.1 Å². The van der Waals surface area contributed by atoms with E-state index in [-0.39, 0.29) is 0 Å². The first-order valence-corrected chi connectivity index (χ1v) is 8.19. The lowest BCUT2D eigenvalue weighted by molar-refractivity contribution is 0.490. The van der Waals surface area contributed by atoms with Crippen LogP contribution < -0.4 is 10.2 Å². The molecule has 2 fully saturated rings. The van der Waals surface area contributed by atoms with Gasteiger partial charge in [0, 0.05) is 29.3 Å². The molecule has 19 heavy (non-hydrogen) atoms. The Morgan fingerprint density at radius 2 is 1.89 bits per heavy atom. The Hall–Kier alpha value is -0.540. The van der Waals surface area contributed by atoms with Gasteiger partial charge in [0.2, 0.25) is 0 Å². The van der Waals surface area contributed by atoms with Crippen LogP contribution in [0.3, 0.4) is 0 Å². The van der Waals surface area contributed by atoms with Gasteiger partial charge >= 0.3 is 0 Å². The lowest BCUT2D eigenvalue weighted by Crippen LogP contribution is -2.39. The fourth-order valence-electron chi connectivity index (χ4n) is 3.11. The maximum Gasteiger partial charge on any atom is 0.0372 e. The molecule has 0 amide bonds. The summed E-state index contributed by atoms with van der Waals surface area (Å²) in [7, 11) is 0. The van der Waals surface area contributed by atoms with Crippen molar-refractivity contribution in [2.24, 2.45) is 5.92 Å². The number of nitrogens with zero attached hydrogens (tertiary/aromatic N) is 1. The smallest absolute Gasteiger partial charge is 0.0372 e. The van der Waals surface area contributed by atoms with Gasteiger partial charge in [-0.3, -0.25) is 0 Å². The van der Waals surface area contributed by atoms with Crippen LogP contribution in [-0.4, -0.2) is 25.7 Å². The Balaban J connectivity index is 1.83. The van der Waals surface area contributed by atoms with Crippen LogP contribution in [0, 0.1) is 19.8 Å². The highest BCUT2D eigenvalue weighted by Crippen LogP contribution is 2.35. The molecule has 1 unspecified atom stereocenters. The van der Waals surface area contributed by atoms with Gasteiger partial charge in [-0.05, 0) is 68.8 Å². The van der Waals surface area contributed by atoms with Crippen molar-refractivity contribution in [2.45, 2.75) is 39.2 Å². The van der Waals surface area contributed by atoms with Gasteiger partial charge in [0.1, 0.15) is 0 Å². The van der Waals surface area contributed by atoms with Crippen molar-refractivity contribution < 1.29 is 0 Å². The Kier molecular flexibility index (Phi) is 3.86. The van der Waals surface area contributed by atoms with Crippen LogP contribution in [0.25, 0.3) is 0 Å². The monoisotopic (exact) mass is 322 g/mol. The zero-order valence-corrected chi connectivity index (χ0v) is 13.5. The molecule has 1 aliphatic heterocycles. The molecule has 1 N–H and O–H groups in total. The number of benzene rings is 1. The Labute approximate surface area is 124 Å². The van der Waals surface area contributed by atoms with E-state index in [0.29, 0.717) is 6.04 Å². The number of halogens is 1. The normalized spacial score (nSPS) is 24.4. The van der Waals surface area contributed by atoms with Gasteiger partial charge in [-0.25, -0.2) is 0 Å². The molecule has 0 aromatic heterocycles. The molecule has 0 bridgehead atoms. The summed E-state index contributed by atoms with van der Waals surface area (Å²) < 4.78 is 1.25. The van der Waals surface area contributed by atoms with E-state index in [1.165, 1.54) is 60.2 Å². The second-order valence-corrected chi connectivity index (χ2v) is 6.88. The maximum atomic E-state index is 3.73. The van der Waals surface area contributed by atoms with Crippen LogP contribution in [0.5, 0.6) is 0 Å². The molecule has 1 aliphatic carbocycles. The summed E-state index contributed by atoms with van der Waals surface area (Å²) in [5.74, 6) is 0.929. The van der Waals surface area contributed by atoms with Crippen molar-refractivity contribution in [3.8, 4) is 0 Å². The van der Waals surface area contributed by atoms with Crippen molar-refractivity contribution in [1.29, 1.82) is 0 Å². The Morgan fingerprint density at radius 3 is 2.53 bits per heavy atom. The average Bonchev–Trinajstić information content (AvgIpc) is 3.20. The molecule has 3 rings (SSSR count). The number of nitrogens with one attached hydrogen (secondary N) is 1. The maximum absolute atomic E-state index is 3.73.